The summed E-state index contributed by atoms with van der Waals surface area (Å²) in [5.74, 6) is 0. The zero-order chi connectivity index (χ0) is 75.4. The molecule has 0 fully saturated rings. The van der Waals surface area contributed by atoms with Crippen LogP contribution in [-0.4, -0.2) is 0 Å². The van der Waals surface area contributed by atoms with Crippen LogP contribution in [-0.2, 0) is 5.41 Å². The minimum atomic E-state index is -0.0436. The van der Waals surface area contributed by atoms with E-state index in [0.29, 0.717) is 0 Å². The summed E-state index contributed by atoms with van der Waals surface area (Å²) in [4.78, 5) is 0. The third kappa shape index (κ3) is 12.2. The van der Waals surface area contributed by atoms with Crippen LogP contribution in [0.5, 0.6) is 0 Å². The van der Waals surface area contributed by atoms with E-state index >= 15 is 0 Å². The van der Waals surface area contributed by atoms with E-state index in [1.54, 1.807) is 0 Å². The number of hydrogen-bond donors (Lipinski definition) is 0. The largest absolute Gasteiger partial charge is 0.0622 e. The molecule has 0 heteroatoms. The molecule has 1 aliphatic rings. The first-order valence-electron chi connectivity index (χ1n) is 39.4. The van der Waals surface area contributed by atoms with Crippen molar-refractivity contribution in [1.29, 1.82) is 0 Å². The average molecular weight is 1440 g/mol. The first kappa shape index (κ1) is 68.0. The molecule has 113 heavy (non-hydrogen) atoms. The fourth-order valence-electron chi connectivity index (χ4n) is 18.3. The summed E-state index contributed by atoms with van der Waals surface area (Å²) in [6, 6.07) is 159. The lowest BCUT2D eigenvalue weighted by molar-refractivity contribution is 0.660. The maximum absolute atomic E-state index is 2.46. The molecule has 1 aliphatic carbocycles. The molecule has 0 aliphatic heterocycles. The molecule has 0 atom stereocenters. The molecule has 0 amide bonds. The molecule has 530 valence electrons. The topological polar surface area (TPSA) is 0 Å². The van der Waals surface area contributed by atoms with Crippen LogP contribution in [0.2, 0.25) is 0 Å². The van der Waals surface area contributed by atoms with Crippen LogP contribution in [0, 0.1) is 0 Å². The zero-order valence-electron chi connectivity index (χ0n) is 63.1. The SMILES string of the molecule is CC1(C)c2ccccc2-c2ccc(-c3c4ccccc4c(-c4ccccc4)c4cc(-c5ccccc5)ccc34)cc21.c1ccc(-c2ccc3c(-c4ccc5ccccc5c4)c4ccccc4c(-c4ccccc4)c3c2)cc1.c1ccc(-c2ccc3c(-c4cccc5ccccc45)c4ccccc4c(-c4ccccc4)c3c2)cc1. The van der Waals surface area contributed by atoms with Gasteiger partial charge in [-0.1, -0.05) is 420 Å². The lowest BCUT2D eigenvalue weighted by Crippen LogP contribution is -2.14. The molecule has 0 saturated carbocycles. The Kier molecular flexibility index (Phi) is 17.4. The van der Waals surface area contributed by atoms with Crippen molar-refractivity contribution in [1.82, 2.24) is 0 Å². The zero-order valence-corrected chi connectivity index (χ0v) is 63.1. The smallest absolute Gasteiger partial charge is 0.0159 e. The van der Waals surface area contributed by atoms with Crippen LogP contribution in [0.25, 0.3) is 197 Å². The van der Waals surface area contributed by atoms with Crippen molar-refractivity contribution < 1.29 is 0 Å². The van der Waals surface area contributed by atoms with Gasteiger partial charge in [0.2, 0.25) is 0 Å². The maximum Gasteiger partial charge on any atom is 0.0159 e. The molecule has 21 aromatic rings. The van der Waals surface area contributed by atoms with Gasteiger partial charge in [0.15, 0.2) is 0 Å². The van der Waals surface area contributed by atoms with E-state index in [9.17, 15) is 0 Å². The van der Waals surface area contributed by atoms with Crippen molar-refractivity contribution in [2.24, 2.45) is 0 Å². The van der Waals surface area contributed by atoms with E-state index in [0.717, 1.165) is 0 Å². The molecule has 0 bridgehead atoms. The van der Waals surface area contributed by atoms with Crippen LogP contribution in [0.15, 0.2) is 437 Å². The van der Waals surface area contributed by atoms with Gasteiger partial charge in [-0.3, -0.25) is 0 Å². The number of fused-ring (bicyclic) bond motifs is 11. The van der Waals surface area contributed by atoms with Crippen LogP contribution >= 0.6 is 0 Å². The standard InChI is InChI=1S/C41H30.2C36H24/c1-41(2)37-20-12-11-17-31(37)32-23-22-30(26-38(32)41)40-34-19-10-9-18-33(34)39(28-15-7-4-8-16-28)36-25-29(21-24-35(36)40)27-13-5-3-6-14-27;1-3-12-25(13-4-1)28-22-23-33-34(24-28)35(27-15-5-2-6-16-27)31-19-9-10-20-32(31)36(33)30-21-11-17-26-14-7-8-18-29(26)30;1-3-11-25(12-4-1)29-21-22-33-34(24-29)35(27-14-5-2-6-15-27)31-17-9-10-18-32(31)36(33)30-20-19-26-13-7-8-16-28(26)23-30/h3-26H,1-2H3;2*1-24H. The second-order valence-corrected chi connectivity index (χ2v) is 30.4. The first-order chi connectivity index (χ1) is 55.9. The molecule has 21 aromatic carbocycles. The highest BCUT2D eigenvalue weighted by Gasteiger charge is 2.36. The Labute approximate surface area is 660 Å². The molecule has 0 nitrogen and oxygen atoms in total. The molecule has 22 rings (SSSR count). The van der Waals surface area contributed by atoms with E-state index in [1.165, 1.54) is 209 Å². The minimum absolute atomic E-state index is 0.0436. The summed E-state index contributed by atoms with van der Waals surface area (Å²) in [7, 11) is 0. The van der Waals surface area contributed by atoms with Gasteiger partial charge >= 0.3 is 0 Å². The van der Waals surface area contributed by atoms with Gasteiger partial charge in [0.25, 0.3) is 0 Å². The maximum atomic E-state index is 2.46. The van der Waals surface area contributed by atoms with Crippen LogP contribution in [0.1, 0.15) is 25.0 Å². The van der Waals surface area contributed by atoms with Crippen LogP contribution < -0.4 is 0 Å². The fraction of sp³-hybridized carbons (Fsp3) is 0.0265. The number of rotatable bonds is 9. The Hall–Kier alpha value is -14.3. The summed E-state index contributed by atoms with van der Waals surface area (Å²) >= 11 is 0. The first-order valence-corrected chi connectivity index (χ1v) is 39.4. The number of benzene rings is 21. The van der Waals surface area contributed by atoms with Crippen molar-refractivity contribution >= 4 is 86.2 Å². The minimum Gasteiger partial charge on any atom is -0.0622 e. The van der Waals surface area contributed by atoms with Crippen LogP contribution in [0.4, 0.5) is 0 Å². The Morgan fingerprint density at radius 2 is 0.416 bits per heavy atom. The molecule has 0 N–H and O–H groups in total. The van der Waals surface area contributed by atoms with Gasteiger partial charge in [-0.15, -0.1) is 0 Å². The summed E-state index contributed by atoms with van der Waals surface area (Å²) in [5, 5.41) is 20.5. The van der Waals surface area contributed by atoms with E-state index < -0.39 is 0 Å². The van der Waals surface area contributed by atoms with Gasteiger partial charge in [0, 0.05) is 5.41 Å². The van der Waals surface area contributed by atoms with Crippen molar-refractivity contribution in [2.45, 2.75) is 19.3 Å². The highest BCUT2D eigenvalue weighted by atomic mass is 14.4. The van der Waals surface area contributed by atoms with Gasteiger partial charge in [0.05, 0.1) is 0 Å². The second-order valence-electron chi connectivity index (χ2n) is 30.4. The Bertz CT molecular complexity index is 7190. The fourth-order valence-corrected chi connectivity index (χ4v) is 18.3. The van der Waals surface area contributed by atoms with Crippen molar-refractivity contribution in [2.75, 3.05) is 0 Å². The van der Waals surface area contributed by atoms with Crippen molar-refractivity contribution in [3.8, 4) is 111 Å². The third-order valence-electron chi connectivity index (χ3n) is 23.5. The highest BCUT2D eigenvalue weighted by Crippen LogP contribution is 2.53. The van der Waals surface area contributed by atoms with Gasteiger partial charge in [0.1, 0.15) is 0 Å². The molecular weight excluding hydrogens is 1360 g/mol. The van der Waals surface area contributed by atoms with E-state index in [1.807, 2.05) is 0 Å². The molecule has 0 unspecified atom stereocenters. The van der Waals surface area contributed by atoms with Crippen molar-refractivity contribution in [3.05, 3.63) is 448 Å². The molecule has 0 radical (unpaired) electrons. The van der Waals surface area contributed by atoms with E-state index in [4.69, 9.17) is 0 Å². The van der Waals surface area contributed by atoms with Gasteiger partial charge in [-0.25, -0.2) is 0 Å². The van der Waals surface area contributed by atoms with Gasteiger partial charge in [-0.05, 0) is 239 Å². The van der Waals surface area contributed by atoms with Crippen molar-refractivity contribution in [3.63, 3.8) is 0 Å². The van der Waals surface area contributed by atoms with E-state index in [2.05, 4.69) is 451 Å². The normalized spacial score (nSPS) is 12.1. The highest BCUT2D eigenvalue weighted by molar-refractivity contribution is 6.26. The average Bonchev–Trinajstić information content (AvgIpc) is 1.50. The third-order valence-corrected chi connectivity index (χ3v) is 23.5. The molecular formula is C113H78. The van der Waals surface area contributed by atoms with Crippen LogP contribution in [0.3, 0.4) is 0 Å². The summed E-state index contributed by atoms with van der Waals surface area (Å²) in [5.41, 5.74) is 28.2. The Morgan fingerprint density at radius 1 is 0.133 bits per heavy atom. The molecule has 0 saturated heterocycles. The summed E-state index contributed by atoms with van der Waals surface area (Å²) < 4.78 is 0. The lowest BCUT2D eigenvalue weighted by atomic mass is 9.80. The van der Waals surface area contributed by atoms with Gasteiger partial charge < -0.3 is 0 Å². The monoisotopic (exact) mass is 1430 g/mol. The Morgan fingerprint density at radius 3 is 0.858 bits per heavy atom. The predicted molar refractivity (Wildman–Crippen MR) is 486 cm³/mol. The Balaban J connectivity index is 0.000000110. The molecule has 0 spiro atoms. The summed E-state index contributed by atoms with van der Waals surface area (Å²) in [6.07, 6.45) is 0. The summed E-state index contributed by atoms with van der Waals surface area (Å²) in [6.45, 7) is 4.73. The van der Waals surface area contributed by atoms with E-state index in [-0.39, 0.29) is 5.41 Å². The predicted octanol–water partition coefficient (Wildman–Crippen LogP) is 31.6. The quantitative estimate of drug-likeness (QED) is 0.126. The molecule has 0 heterocycles. The second kappa shape index (κ2) is 28.9. The number of hydrogen-bond acceptors (Lipinski definition) is 0. The lowest BCUT2D eigenvalue weighted by Gasteiger charge is -2.23. The van der Waals surface area contributed by atoms with Gasteiger partial charge in [-0.2, -0.15) is 0 Å². The molecule has 0 aromatic heterocycles.